The monoisotopic (exact) mass is 422 g/mol. The Balaban J connectivity index is 1.68. The molecule has 0 N–H and O–H groups in total. The van der Waals surface area contributed by atoms with Crippen molar-refractivity contribution >= 4 is 22.4 Å². The summed E-state index contributed by atoms with van der Waals surface area (Å²) in [6.45, 7) is 3.73. The summed E-state index contributed by atoms with van der Waals surface area (Å²) < 4.78 is 42.7. The summed E-state index contributed by atoms with van der Waals surface area (Å²) in [5.74, 6) is -1.92. The number of aryl methyl sites for hydroxylation is 1. The Morgan fingerprint density at radius 1 is 0.767 bits per heavy atom. The van der Waals surface area contributed by atoms with Crippen LogP contribution in [0.3, 0.4) is 0 Å². The summed E-state index contributed by atoms with van der Waals surface area (Å²) in [5.41, 5.74) is 3.28. The van der Waals surface area contributed by atoms with E-state index in [0.717, 1.165) is 23.8 Å². The first-order chi connectivity index (χ1) is 14.5. The van der Waals surface area contributed by atoms with Crippen molar-refractivity contribution in [3.63, 3.8) is 0 Å². The van der Waals surface area contributed by atoms with Gasteiger partial charge in [0.15, 0.2) is 0 Å². The largest absolute Gasteiger partial charge is 0.206 e. The predicted octanol–water partition coefficient (Wildman–Crippen LogP) is 8.36. The van der Waals surface area contributed by atoms with E-state index in [0.29, 0.717) is 27.6 Å². The molecule has 0 radical (unpaired) electrons. The number of hydrogen-bond acceptors (Lipinski definition) is 0. The van der Waals surface area contributed by atoms with Crippen molar-refractivity contribution in [2.45, 2.75) is 12.8 Å². The molecule has 4 aromatic carbocycles. The Kier molecular flexibility index (Phi) is 5.65. The van der Waals surface area contributed by atoms with Gasteiger partial charge >= 0.3 is 0 Å². The van der Waals surface area contributed by atoms with Crippen LogP contribution in [0.15, 0.2) is 79.4 Å². The Morgan fingerprint density at radius 3 is 2.10 bits per heavy atom. The van der Waals surface area contributed by atoms with Gasteiger partial charge in [0.2, 0.25) is 0 Å². The third kappa shape index (κ3) is 3.86. The van der Waals surface area contributed by atoms with E-state index in [1.54, 1.807) is 36.4 Å². The summed E-state index contributed by atoms with van der Waals surface area (Å²) in [6.07, 6.45) is 3.61. The van der Waals surface area contributed by atoms with Gasteiger partial charge in [-0.15, -0.1) is 6.58 Å². The first-order valence-electron chi connectivity index (χ1n) is 9.55. The highest BCUT2D eigenvalue weighted by Gasteiger charge is 2.12. The molecular formula is C26H18ClF3. The molecule has 4 aromatic rings. The standard InChI is InChI=1S/C26H18ClF3/c1-2-3-4-16-5-11-22-19(13-16)10-12-21(26(22)30)18-8-6-17(7-9-18)20-14-23(28)25(27)24(29)15-20/h2,5-15H,1,3-4H2. The van der Waals surface area contributed by atoms with Crippen molar-refractivity contribution < 1.29 is 13.2 Å². The average molecular weight is 423 g/mol. The number of fused-ring (bicyclic) bond motifs is 1. The number of benzene rings is 4. The lowest BCUT2D eigenvalue weighted by atomic mass is 9.96. The lowest BCUT2D eigenvalue weighted by Crippen LogP contribution is -1.90. The van der Waals surface area contributed by atoms with Crippen LogP contribution in [-0.4, -0.2) is 0 Å². The molecule has 0 aliphatic heterocycles. The van der Waals surface area contributed by atoms with Crippen molar-refractivity contribution in [3.05, 3.63) is 107 Å². The summed E-state index contributed by atoms with van der Waals surface area (Å²) in [4.78, 5) is 0. The van der Waals surface area contributed by atoms with E-state index >= 15 is 4.39 Å². The van der Waals surface area contributed by atoms with Crippen LogP contribution in [0.1, 0.15) is 12.0 Å². The van der Waals surface area contributed by atoms with Crippen LogP contribution < -0.4 is 0 Å². The summed E-state index contributed by atoms with van der Waals surface area (Å²) in [5, 5.41) is 0.878. The van der Waals surface area contributed by atoms with Gasteiger partial charge < -0.3 is 0 Å². The zero-order chi connectivity index (χ0) is 21.3. The molecule has 150 valence electrons. The molecule has 0 amide bonds. The maximum Gasteiger partial charge on any atom is 0.145 e. The Morgan fingerprint density at radius 2 is 1.43 bits per heavy atom. The van der Waals surface area contributed by atoms with Crippen LogP contribution >= 0.6 is 11.6 Å². The van der Waals surface area contributed by atoms with E-state index in [4.69, 9.17) is 11.6 Å². The molecule has 4 heteroatoms. The molecule has 0 spiro atoms. The molecule has 0 unspecified atom stereocenters. The SMILES string of the molecule is C=CCCc1ccc2c(F)c(-c3ccc(-c4cc(F)c(Cl)c(F)c4)cc3)ccc2c1. The summed E-state index contributed by atoms with van der Waals surface area (Å²) in [6, 6.07) is 18.7. The fraction of sp³-hybridized carbons (Fsp3) is 0.0769. The lowest BCUT2D eigenvalue weighted by molar-refractivity contribution is 0.585. The Labute approximate surface area is 178 Å². The van der Waals surface area contributed by atoms with Gasteiger partial charge in [-0.3, -0.25) is 0 Å². The van der Waals surface area contributed by atoms with Gasteiger partial charge in [0.1, 0.15) is 22.5 Å². The molecule has 4 rings (SSSR count). The molecule has 0 fully saturated rings. The Hall–Kier alpha value is -3.04. The van der Waals surface area contributed by atoms with Crippen molar-refractivity contribution in [1.29, 1.82) is 0 Å². The van der Waals surface area contributed by atoms with E-state index in [-0.39, 0.29) is 5.82 Å². The van der Waals surface area contributed by atoms with E-state index < -0.39 is 16.7 Å². The third-order valence-corrected chi connectivity index (χ3v) is 5.53. The highest BCUT2D eigenvalue weighted by atomic mass is 35.5. The van der Waals surface area contributed by atoms with Gasteiger partial charge in [0.05, 0.1) is 0 Å². The fourth-order valence-electron chi connectivity index (χ4n) is 3.55. The Bertz CT molecular complexity index is 1220. The maximum atomic E-state index is 15.2. The van der Waals surface area contributed by atoms with Crippen LogP contribution in [0.4, 0.5) is 13.2 Å². The van der Waals surface area contributed by atoms with Crippen LogP contribution in [0, 0.1) is 17.5 Å². The number of allylic oxidation sites excluding steroid dienone is 1. The first kappa shape index (κ1) is 20.2. The second kappa shape index (κ2) is 8.37. The van der Waals surface area contributed by atoms with E-state index in [1.807, 2.05) is 24.3 Å². The van der Waals surface area contributed by atoms with E-state index in [1.165, 1.54) is 12.1 Å². The number of rotatable bonds is 5. The van der Waals surface area contributed by atoms with Gasteiger partial charge in [-0.25, -0.2) is 13.2 Å². The highest BCUT2D eigenvalue weighted by molar-refractivity contribution is 6.31. The maximum absolute atomic E-state index is 15.2. The molecule has 0 heterocycles. The van der Waals surface area contributed by atoms with Crippen LogP contribution in [0.5, 0.6) is 0 Å². The molecule has 0 saturated carbocycles. The smallest absolute Gasteiger partial charge is 0.145 e. The molecule has 0 nitrogen and oxygen atoms in total. The molecule has 0 atom stereocenters. The second-order valence-corrected chi connectivity index (χ2v) is 7.52. The fourth-order valence-corrected chi connectivity index (χ4v) is 3.66. The van der Waals surface area contributed by atoms with Crippen molar-refractivity contribution in [3.8, 4) is 22.3 Å². The van der Waals surface area contributed by atoms with Crippen LogP contribution in [0.25, 0.3) is 33.0 Å². The quantitative estimate of drug-likeness (QED) is 0.224. The summed E-state index contributed by atoms with van der Waals surface area (Å²) in [7, 11) is 0. The molecular weight excluding hydrogens is 405 g/mol. The average Bonchev–Trinajstić information content (AvgIpc) is 2.76. The van der Waals surface area contributed by atoms with E-state index in [9.17, 15) is 8.78 Å². The first-order valence-corrected chi connectivity index (χ1v) is 9.93. The van der Waals surface area contributed by atoms with Crippen LogP contribution in [0.2, 0.25) is 5.02 Å². The molecule has 30 heavy (non-hydrogen) atoms. The molecule has 0 saturated heterocycles. The topological polar surface area (TPSA) is 0 Å². The third-order valence-electron chi connectivity index (χ3n) is 5.17. The van der Waals surface area contributed by atoms with Crippen molar-refractivity contribution in [2.75, 3.05) is 0 Å². The zero-order valence-corrected chi connectivity index (χ0v) is 16.8. The van der Waals surface area contributed by atoms with Gasteiger partial charge in [0.25, 0.3) is 0 Å². The number of hydrogen-bond donors (Lipinski definition) is 0. The van der Waals surface area contributed by atoms with Crippen molar-refractivity contribution in [2.24, 2.45) is 0 Å². The highest BCUT2D eigenvalue weighted by Crippen LogP contribution is 2.32. The minimum absolute atomic E-state index is 0.292. The summed E-state index contributed by atoms with van der Waals surface area (Å²) >= 11 is 5.55. The minimum Gasteiger partial charge on any atom is -0.206 e. The minimum atomic E-state index is -0.816. The number of halogens is 4. The van der Waals surface area contributed by atoms with Gasteiger partial charge in [0, 0.05) is 10.9 Å². The van der Waals surface area contributed by atoms with Crippen LogP contribution in [-0.2, 0) is 6.42 Å². The normalized spacial score (nSPS) is 11.1. The van der Waals surface area contributed by atoms with Crippen molar-refractivity contribution in [1.82, 2.24) is 0 Å². The predicted molar refractivity (Wildman–Crippen MR) is 118 cm³/mol. The molecule has 0 aliphatic carbocycles. The molecule has 0 aromatic heterocycles. The molecule has 0 bridgehead atoms. The second-order valence-electron chi connectivity index (χ2n) is 7.14. The lowest BCUT2D eigenvalue weighted by Gasteiger charge is -2.10. The van der Waals surface area contributed by atoms with Gasteiger partial charge in [-0.1, -0.05) is 72.3 Å². The van der Waals surface area contributed by atoms with Gasteiger partial charge in [-0.05, 0) is 52.6 Å². The van der Waals surface area contributed by atoms with Gasteiger partial charge in [-0.2, -0.15) is 0 Å². The zero-order valence-electron chi connectivity index (χ0n) is 16.1. The molecule has 0 aliphatic rings. The van der Waals surface area contributed by atoms with E-state index in [2.05, 4.69) is 6.58 Å².